The summed E-state index contributed by atoms with van der Waals surface area (Å²) < 4.78 is 13.3. The molecular formula is C15H13FN2S. The second-order valence-corrected chi connectivity index (χ2v) is 4.93. The van der Waals surface area contributed by atoms with Crippen LogP contribution in [-0.4, -0.2) is 6.26 Å². The van der Waals surface area contributed by atoms with E-state index in [1.165, 1.54) is 23.9 Å². The second kappa shape index (κ2) is 5.77. The molecule has 1 N–H and O–H groups in total. The number of anilines is 2. The Labute approximate surface area is 116 Å². The zero-order chi connectivity index (χ0) is 13.8. The Morgan fingerprint density at radius 3 is 2.68 bits per heavy atom. The van der Waals surface area contributed by atoms with Gasteiger partial charge in [-0.3, -0.25) is 0 Å². The van der Waals surface area contributed by atoms with Gasteiger partial charge in [-0.15, -0.1) is 11.8 Å². The third-order valence-corrected chi connectivity index (χ3v) is 3.61. The SMILES string of the molecule is CSc1cccc(Nc2cc(F)ccc2C)c1C#N. The molecule has 0 spiro atoms. The van der Waals surface area contributed by atoms with Crippen molar-refractivity contribution in [3.05, 3.63) is 53.3 Å². The molecule has 0 radical (unpaired) electrons. The number of nitriles is 1. The summed E-state index contributed by atoms with van der Waals surface area (Å²) in [5.74, 6) is -0.298. The molecule has 0 saturated heterocycles. The lowest BCUT2D eigenvalue weighted by atomic mass is 10.1. The minimum absolute atomic E-state index is 0.298. The summed E-state index contributed by atoms with van der Waals surface area (Å²) in [7, 11) is 0. The molecule has 0 aromatic heterocycles. The molecule has 0 bridgehead atoms. The van der Waals surface area contributed by atoms with Gasteiger partial charge in [0, 0.05) is 10.6 Å². The van der Waals surface area contributed by atoms with Crippen LogP contribution in [0.4, 0.5) is 15.8 Å². The van der Waals surface area contributed by atoms with Gasteiger partial charge in [-0.1, -0.05) is 12.1 Å². The molecule has 0 aliphatic rings. The van der Waals surface area contributed by atoms with Gasteiger partial charge in [0.25, 0.3) is 0 Å². The summed E-state index contributed by atoms with van der Waals surface area (Å²) in [6.07, 6.45) is 1.92. The van der Waals surface area contributed by atoms with Crippen LogP contribution in [0.1, 0.15) is 11.1 Å². The molecule has 2 rings (SSSR count). The summed E-state index contributed by atoms with van der Waals surface area (Å²) in [4.78, 5) is 0.904. The maximum atomic E-state index is 13.3. The average molecular weight is 272 g/mol. The smallest absolute Gasteiger partial charge is 0.125 e. The predicted octanol–water partition coefficient (Wildman–Crippen LogP) is 4.47. The Kier molecular flexibility index (Phi) is 4.08. The van der Waals surface area contributed by atoms with E-state index in [2.05, 4.69) is 11.4 Å². The Bertz CT molecular complexity index is 647. The van der Waals surface area contributed by atoms with Crippen LogP contribution in [0.5, 0.6) is 0 Å². The van der Waals surface area contributed by atoms with Crippen LogP contribution in [0.2, 0.25) is 0 Å². The molecule has 0 unspecified atom stereocenters. The largest absolute Gasteiger partial charge is 0.354 e. The van der Waals surface area contributed by atoms with Gasteiger partial charge in [0.15, 0.2) is 0 Å². The number of hydrogen-bond donors (Lipinski definition) is 1. The highest BCUT2D eigenvalue weighted by atomic mass is 32.2. The zero-order valence-electron chi connectivity index (χ0n) is 10.7. The van der Waals surface area contributed by atoms with Crippen molar-refractivity contribution in [3.63, 3.8) is 0 Å². The number of nitrogens with one attached hydrogen (secondary N) is 1. The quantitative estimate of drug-likeness (QED) is 0.837. The molecule has 96 valence electrons. The summed E-state index contributed by atoms with van der Waals surface area (Å²) in [5.41, 5.74) is 2.89. The maximum Gasteiger partial charge on any atom is 0.125 e. The lowest BCUT2D eigenvalue weighted by Crippen LogP contribution is -1.97. The first kappa shape index (κ1) is 13.4. The van der Waals surface area contributed by atoms with Gasteiger partial charge >= 0.3 is 0 Å². The predicted molar refractivity (Wildman–Crippen MR) is 77.4 cm³/mol. The molecule has 0 saturated carbocycles. The molecular weight excluding hydrogens is 259 g/mol. The molecule has 4 heteroatoms. The fourth-order valence-corrected chi connectivity index (χ4v) is 2.37. The van der Waals surface area contributed by atoms with Crippen molar-refractivity contribution in [3.8, 4) is 6.07 Å². The van der Waals surface area contributed by atoms with E-state index < -0.39 is 0 Å². The van der Waals surface area contributed by atoms with Crippen LogP contribution in [0.25, 0.3) is 0 Å². The molecule has 0 heterocycles. The van der Waals surface area contributed by atoms with Gasteiger partial charge in [0.05, 0.1) is 11.3 Å². The van der Waals surface area contributed by atoms with E-state index in [9.17, 15) is 9.65 Å². The fraction of sp³-hybridized carbons (Fsp3) is 0.133. The second-order valence-electron chi connectivity index (χ2n) is 4.08. The van der Waals surface area contributed by atoms with Crippen molar-refractivity contribution in [2.75, 3.05) is 11.6 Å². The highest BCUT2D eigenvalue weighted by molar-refractivity contribution is 7.98. The molecule has 0 amide bonds. The van der Waals surface area contributed by atoms with E-state index in [1.807, 2.05) is 31.4 Å². The molecule has 2 aromatic rings. The van der Waals surface area contributed by atoms with E-state index in [-0.39, 0.29) is 5.82 Å². The molecule has 19 heavy (non-hydrogen) atoms. The van der Waals surface area contributed by atoms with Crippen molar-refractivity contribution in [1.82, 2.24) is 0 Å². The van der Waals surface area contributed by atoms with Crippen molar-refractivity contribution < 1.29 is 4.39 Å². The van der Waals surface area contributed by atoms with Crippen molar-refractivity contribution >= 4 is 23.1 Å². The van der Waals surface area contributed by atoms with Crippen LogP contribution in [0.15, 0.2) is 41.3 Å². The Morgan fingerprint density at radius 1 is 1.21 bits per heavy atom. The third kappa shape index (κ3) is 2.88. The lowest BCUT2D eigenvalue weighted by Gasteiger charge is -2.12. The van der Waals surface area contributed by atoms with E-state index in [0.29, 0.717) is 16.9 Å². The minimum Gasteiger partial charge on any atom is -0.354 e. The van der Waals surface area contributed by atoms with Crippen LogP contribution >= 0.6 is 11.8 Å². The number of thioether (sulfide) groups is 1. The molecule has 0 fully saturated rings. The number of hydrogen-bond acceptors (Lipinski definition) is 3. The first-order valence-corrected chi connectivity index (χ1v) is 6.98. The van der Waals surface area contributed by atoms with Gasteiger partial charge in [-0.25, -0.2) is 4.39 Å². The summed E-state index contributed by atoms with van der Waals surface area (Å²) in [6.45, 7) is 1.90. The molecule has 0 aliphatic carbocycles. The van der Waals surface area contributed by atoms with E-state index in [0.717, 1.165) is 10.5 Å². The Balaban J connectivity index is 2.44. The van der Waals surface area contributed by atoms with Crippen molar-refractivity contribution in [1.29, 1.82) is 5.26 Å². The summed E-state index contributed by atoms with van der Waals surface area (Å²) in [5, 5.41) is 12.4. The highest BCUT2D eigenvalue weighted by Gasteiger charge is 2.09. The topological polar surface area (TPSA) is 35.8 Å². The summed E-state index contributed by atoms with van der Waals surface area (Å²) >= 11 is 1.52. The third-order valence-electron chi connectivity index (χ3n) is 2.83. The first-order chi connectivity index (χ1) is 9.15. The Hall–Kier alpha value is -1.99. The van der Waals surface area contributed by atoms with Gasteiger partial charge in [-0.05, 0) is 43.0 Å². The van der Waals surface area contributed by atoms with Crippen molar-refractivity contribution in [2.45, 2.75) is 11.8 Å². The molecule has 0 atom stereocenters. The Morgan fingerprint density at radius 2 is 2.00 bits per heavy atom. The first-order valence-electron chi connectivity index (χ1n) is 5.76. The van der Waals surface area contributed by atoms with Crippen molar-refractivity contribution in [2.24, 2.45) is 0 Å². The monoisotopic (exact) mass is 272 g/mol. The number of benzene rings is 2. The van der Waals surface area contributed by atoms with E-state index >= 15 is 0 Å². The van der Waals surface area contributed by atoms with Crippen LogP contribution in [-0.2, 0) is 0 Å². The summed E-state index contributed by atoms with van der Waals surface area (Å²) in [6, 6.07) is 12.4. The lowest BCUT2D eigenvalue weighted by molar-refractivity contribution is 0.628. The molecule has 0 aliphatic heterocycles. The van der Waals surface area contributed by atoms with Crippen LogP contribution in [0.3, 0.4) is 0 Å². The van der Waals surface area contributed by atoms with E-state index in [1.54, 1.807) is 6.07 Å². The van der Waals surface area contributed by atoms with Crippen LogP contribution < -0.4 is 5.32 Å². The zero-order valence-corrected chi connectivity index (χ0v) is 11.5. The standard InChI is InChI=1S/C15H13FN2S/c1-10-6-7-11(16)8-14(10)18-13-4-3-5-15(19-2)12(13)9-17/h3-8,18H,1-2H3. The highest BCUT2D eigenvalue weighted by Crippen LogP contribution is 2.29. The molecule has 2 aromatic carbocycles. The minimum atomic E-state index is -0.298. The number of halogens is 1. The van der Waals surface area contributed by atoms with Gasteiger partial charge in [0.2, 0.25) is 0 Å². The number of rotatable bonds is 3. The van der Waals surface area contributed by atoms with E-state index in [4.69, 9.17) is 0 Å². The van der Waals surface area contributed by atoms with Gasteiger partial charge < -0.3 is 5.32 Å². The van der Waals surface area contributed by atoms with Gasteiger partial charge in [0.1, 0.15) is 11.9 Å². The maximum absolute atomic E-state index is 13.3. The van der Waals surface area contributed by atoms with Gasteiger partial charge in [-0.2, -0.15) is 5.26 Å². The average Bonchev–Trinajstić information content (AvgIpc) is 2.42. The van der Waals surface area contributed by atoms with Crippen LogP contribution in [0, 0.1) is 24.1 Å². The normalized spacial score (nSPS) is 10.0. The number of aryl methyl sites for hydroxylation is 1. The number of nitrogens with zero attached hydrogens (tertiary/aromatic N) is 1. The molecule has 2 nitrogen and oxygen atoms in total. The fourth-order valence-electron chi connectivity index (χ4n) is 1.79.